The molecule has 1 aromatic carbocycles. The Morgan fingerprint density at radius 3 is 2.52 bits per heavy atom. The van der Waals surface area contributed by atoms with Crippen LogP contribution in [0.4, 0.5) is 10.1 Å². The molecule has 5 rings (SSSR count). The van der Waals surface area contributed by atoms with Gasteiger partial charge in [0.2, 0.25) is 5.91 Å². The van der Waals surface area contributed by atoms with Gasteiger partial charge in [0.1, 0.15) is 5.60 Å². The first-order valence-electron chi connectivity index (χ1n) is 14.7. The number of carbonyl (C=O) groups excluding carboxylic acids is 1. The number of amides is 1. The number of carbonyl (C=O) groups is 1. The van der Waals surface area contributed by atoms with Gasteiger partial charge < -0.3 is 25.6 Å². The number of hydrogen-bond acceptors (Lipinski definition) is 7. The van der Waals surface area contributed by atoms with Gasteiger partial charge in [0.05, 0.1) is 36.4 Å². The molecule has 3 fully saturated rings. The van der Waals surface area contributed by atoms with E-state index in [0.29, 0.717) is 42.0 Å². The van der Waals surface area contributed by atoms with E-state index in [9.17, 15) is 15.0 Å². The van der Waals surface area contributed by atoms with Crippen molar-refractivity contribution in [2.45, 2.75) is 101 Å². The maximum absolute atomic E-state index is 15.9. The summed E-state index contributed by atoms with van der Waals surface area (Å²) in [6.45, 7) is 6.33. The summed E-state index contributed by atoms with van der Waals surface area (Å²) >= 11 is 12.6. The van der Waals surface area contributed by atoms with Crippen LogP contribution in [-0.2, 0) is 15.1 Å². The number of nitrogens with zero attached hydrogens (tertiary/aromatic N) is 1. The number of rotatable bonds is 6. The van der Waals surface area contributed by atoms with Crippen molar-refractivity contribution in [1.82, 2.24) is 15.6 Å². The molecule has 3 aliphatic rings. The van der Waals surface area contributed by atoms with E-state index < -0.39 is 35.0 Å². The average molecular weight is 624 g/mol. The molecule has 11 heteroatoms. The molecule has 3 heterocycles. The molecule has 2 saturated heterocycles. The number of nitrogens with one attached hydrogen (secondary N) is 3. The lowest BCUT2D eigenvalue weighted by Crippen LogP contribution is -2.59. The van der Waals surface area contributed by atoms with Crippen LogP contribution in [-0.4, -0.2) is 64.6 Å². The molecule has 0 bridgehead atoms. The van der Waals surface area contributed by atoms with Gasteiger partial charge in [0, 0.05) is 41.0 Å². The van der Waals surface area contributed by atoms with Crippen LogP contribution >= 0.6 is 23.2 Å². The topological polar surface area (TPSA) is 116 Å². The second-order valence-corrected chi connectivity index (χ2v) is 13.7. The quantitative estimate of drug-likeness (QED) is 0.291. The summed E-state index contributed by atoms with van der Waals surface area (Å²) in [4.78, 5) is 18.1. The van der Waals surface area contributed by atoms with Crippen LogP contribution in [0.2, 0.25) is 10.2 Å². The maximum Gasteiger partial charge on any atom is 0.238 e. The third-order valence-corrected chi connectivity index (χ3v) is 10.3. The lowest BCUT2D eigenvalue weighted by atomic mass is 9.59. The fraction of sp³-hybridized carbons (Fsp3) is 0.613. The Kier molecular flexibility index (Phi) is 8.84. The summed E-state index contributed by atoms with van der Waals surface area (Å²) in [5, 5.41) is 33.1. The number of aliphatic hydroxyl groups excluding tert-OH is 1. The molecule has 2 aromatic rings. The molecule has 1 spiro atoms. The Morgan fingerprint density at radius 1 is 1.19 bits per heavy atom. The predicted octanol–water partition coefficient (Wildman–Crippen LogP) is 4.90. The molecular weight excluding hydrogens is 582 g/mol. The zero-order valence-corrected chi connectivity index (χ0v) is 26.0. The van der Waals surface area contributed by atoms with E-state index in [2.05, 4.69) is 34.8 Å². The average Bonchev–Trinajstić information content (AvgIpc) is 3.21. The SMILES string of the molecule is CNc1cc(Cl)ccc1[C@]1(O)[C@@H](c2ccnc(Cl)c2F)[C@H](C(=O)N[C@@H]2CC[C@@H](C(C)O)OC2)NC12CCC(C)(C)CC2. The summed E-state index contributed by atoms with van der Waals surface area (Å²) in [7, 11) is 1.74. The number of anilines is 1. The molecule has 8 nitrogen and oxygen atoms in total. The van der Waals surface area contributed by atoms with E-state index >= 15 is 4.39 Å². The smallest absolute Gasteiger partial charge is 0.238 e. The van der Waals surface area contributed by atoms with Crippen LogP contribution in [0.1, 0.15) is 76.3 Å². The molecule has 5 N–H and O–H groups in total. The molecule has 1 aromatic heterocycles. The van der Waals surface area contributed by atoms with Gasteiger partial charge in [0.15, 0.2) is 11.0 Å². The number of hydrogen-bond donors (Lipinski definition) is 5. The van der Waals surface area contributed by atoms with Crippen molar-refractivity contribution in [2.24, 2.45) is 5.41 Å². The van der Waals surface area contributed by atoms with E-state index in [1.807, 2.05) is 0 Å². The predicted molar refractivity (Wildman–Crippen MR) is 161 cm³/mol. The zero-order chi connectivity index (χ0) is 30.4. The molecule has 1 saturated carbocycles. The fourth-order valence-electron chi connectivity index (χ4n) is 7.24. The second kappa shape index (κ2) is 11.8. The van der Waals surface area contributed by atoms with Gasteiger partial charge in [-0.2, -0.15) is 0 Å². The van der Waals surface area contributed by atoms with Crippen molar-refractivity contribution in [3.05, 3.63) is 57.6 Å². The van der Waals surface area contributed by atoms with Crippen LogP contribution < -0.4 is 16.0 Å². The number of halogens is 3. The van der Waals surface area contributed by atoms with Crippen LogP contribution in [0.5, 0.6) is 0 Å². The van der Waals surface area contributed by atoms with Gasteiger partial charge in [-0.3, -0.25) is 10.1 Å². The number of aliphatic hydroxyl groups is 2. The zero-order valence-electron chi connectivity index (χ0n) is 24.5. The number of aromatic nitrogens is 1. The van der Waals surface area contributed by atoms with Gasteiger partial charge in [0.25, 0.3) is 0 Å². The van der Waals surface area contributed by atoms with Crippen molar-refractivity contribution in [3.63, 3.8) is 0 Å². The normalized spacial score (nSPS) is 31.1. The van der Waals surface area contributed by atoms with E-state index in [1.54, 1.807) is 32.2 Å². The highest BCUT2D eigenvalue weighted by atomic mass is 35.5. The first kappa shape index (κ1) is 31.4. The second-order valence-electron chi connectivity index (χ2n) is 13.0. The van der Waals surface area contributed by atoms with Crippen LogP contribution in [0.15, 0.2) is 30.5 Å². The van der Waals surface area contributed by atoms with Crippen molar-refractivity contribution in [3.8, 4) is 0 Å². The van der Waals surface area contributed by atoms with Gasteiger partial charge >= 0.3 is 0 Å². The Balaban J connectivity index is 1.63. The largest absolute Gasteiger partial charge is 0.391 e. The molecule has 6 atom stereocenters. The van der Waals surface area contributed by atoms with Crippen LogP contribution in [0.3, 0.4) is 0 Å². The van der Waals surface area contributed by atoms with Crippen molar-refractivity contribution >= 4 is 34.8 Å². The first-order valence-corrected chi connectivity index (χ1v) is 15.5. The molecule has 230 valence electrons. The third kappa shape index (κ3) is 5.53. The highest BCUT2D eigenvalue weighted by molar-refractivity contribution is 6.31. The van der Waals surface area contributed by atoms with Gasteiger partial charge in [-0.1, -0.05) is 43.1 Å². The Bertz CT molecular complexity index is 1310. The molecular formula is C31H41Cl2FN4O4. The lowest BCUT2D eigenvalue weighted by Gasteiger charge is -2.50. The third-order valence-electron chi connectivity index (χ3n) is 9.75. The monoisotopic (exact) mass is 622 g/mol. The van der Waals surface area contributed by atoms with Gasteiger partial charge in [-0.05, 0) is 69.1 Å². The van der Waals surface area contributed by atoms with Crippen molar-refractivity contribution in [1.29, 1.82) is 0 Å². The van der Waals surface area contributed by atoms with Gasteiger partial charge in [-0.25, -0.2) is 9.37 Å². The summed E-state index contributed by atoms with van der Waals surface area (Å²) in [5.41, 5.74) is -1.43. The van der Waals surface area contributed by atoms with Crippen molar-refractivity contribution in [2.75, 3.05) is 19.0 Å². The number of benzene rings is 1. The highest BCUT2D eigenvalue weighted by Crippen LogP contribution is 2.60. The highest BCUT2D eigenvalue weighted by Gasteiger charge is 2.67. The van der Waals surface area contributed by atoms with Crippen LogP contribution in [0.25, 0.3) is 0 Å². The first-order chi connectivity index (χ1) is 19.8. The minimum absolute atomic E-state index is 0.0422. The lowest BCUT2D eigenvalue weighted by molar-refractivity contribution is -0.127. The molecule has 1 amide bonds. The maximum atomic E-state index is 15.9. The molecule has 1 aliphatic carbocycles. The Labute approximate surface area is 256 Å². The summed E-state index contributed by atoms with van der Waals surface area (Å²) in [6, 6.07) is 5.40. The van der Waals surface area contributed by atoms with Crippen molar-refractivity contribution < 1.29 is 24.1 Å². The van der Waals surface area contributed by atoms with Crippen LogP contribution in [0, 0.1) is 11.2 Å². The fourth-order valence-corrected chi connectivity index (χ4v) is 7.58. The van der Waals surface area contributed by atoms with E-state index in [0.717, 1.165) is 12.8 Å². The molecule has 2 aliphatic heterocycles. The summed E-state index contributed by atoms with van der Waals surface area (Å²) < 4.78 is 21.7. The molecule has 0 radical (unpaired) electrons. The Hall–Kier alpha value is -2.01. The molecule has 42 heavy (non-hydrogen) atoms. The Morgan fingerprint density at radius 2 is 1.90 bits per heavy atom. The standard InChI is InChI=1S/C31H41Cl2FN4O4/c1-17(39)23-8-6-19(16-42-23)37-28(40)26-24(20-9-14-36-27(33)25(20)34)31(41,21-7-5-18(32)15-22(21)35-4)30(38-26)12-10-29(2,3)11-13-30/h5,7,9,14-15,17,19,23-24,26,35,38-39,41H,6,8,10-13,16H2,1-4H3,(H,37,40)/t17?,19-,23+,24+,26-,31+/m1/s1. The van der Waals surface area contributed by atoms with E-state index in [1.165, 1.54) is 12.3 Å². The number of pyridine rings is 1. The molecule has 1 unspecified atom stereocenters. The minimum Gasteiger partial charge on any atom is -0.391 e. The summed E-state index contributed by atoms with van der Waals surface area (Å²) in [5.74, 6) is -2.19. The number of ether oxygens (including phenoxy) is 1. The summed E-state index contributed by atoms with van der Waals surface area (Å²) in [6.07, 6.45) is 4.44. The van der Waals surface area contributed by atoms with Gasteiger partial charge in [-0.15, -0.1) is 0 Å². The van der Waals surface area contributed by atoms with E-state index in [4.69, 9.17) is 27.9 Å². The van der Waals surface area contributed by atoms with E-state index in [-0.39, 0.29) is 40.8 Å². The minimum atomic E-state index is -1.74.